The number of aromatic nitrogens is 3. The fourth-order valence-corrected chi connectivity index (χ4v) is 3.37. The molecule has 2 N–H and O–H groups in total. The zero-order valence-electron chi connectivity index (χ0n) is 14.1. The van der Waals surface area contributed by atoms with E-state index in [1.165, 1.54) is 11.1 Å². The van der Waals surface area contributed by atoms with E-state index in [1.807, 2.05) is 6.07 Å². The number of benzene rings is 1. The van der Waals surface area contributed by atoms with Crippen LogP contribution >= 0.6 is 0 Å². The van der Waals surface area contributed by atoms with E-state index >= 15 is 0 Å². The lowest BCUT2D eigenvalue weighted by Gasteiger charge is -2.19. The van der Waals surface area contributed by atoms with Gasteiger partial charge in [0, 0.05) is 25.3 Å². The third-order valence-corrected chi connectivity index (χ3v) is 4.74. The van der Waals surface area contributed by atoms with Gasteiger partial charge < -0.3 is 15.2 Å². The van der Waals surface area contributed by atoms with Crippen LogP contribution < -0.4 is 15.5 Å². The van der Waals surface area contributed by atoms with Gasteiger partial charge in [-0.05, 0) is 30.0 Å². The third kappa shape index (κ3) is 2.73. The summed E-state index contributed by atoms with van der Waals surface area (Å²) in [6, 6.07) is 6.11. The molecule has 8 heteroatoms. The maximum Gasteiger partial charge on any atom is 0.322 e. The summed E-state index contributed by atoms with van der Waals surface area (Å²) in [5, 5.41) is 13.6. The molecule has 3 amide bonds. The van der Waals surface area contributed by atoms with Gasteiger partial charge >= 0.3 is 6.03 Å². The molecule has 25 heavy (non-hydrogen) atoms. The summed E-state index contributed by atoms with van der Waals surface area (Å²) in [6.45, 7) is 4.21. The van der Waals surface area contributed by atoms with Crippen molar-refractivity contribution in [2.45, 2.75) is 32.9 Å². The van der Waals surface area contributed by atoms with Gasteiger partial charge in [-0.2, -0.15) is 0 Å². The van der Waals surface area contributed by atoms with Crippen LogP contribution in [-0.4, -0.2) is 39.8 Å². The Hall–Kier alpha value is -2.90. The number of fused-ring (bicyclic) bond motifs is 2. The molecule has 0 bridgehead atoms. The number of hydrogen-bond acceptors (Lipinski definition) is 4. The van der Waals surface area contributed by atoms with Crippen LogP contribution in [0, 0.1) is 0 Å². The predicted octanol–water partition coefficient (Wildman–Crippen LogP) is 0.856. The number of nitrogens with one attached hydrogen (secondary N) is 2. The Morgan fingerprint density at radius 2 is 2.20 bits per heavy atom. The van der Waals surface area contributed by atoms with Gasteiger partial charge in [-0.1, -0.05) is 19.1 Å². The minimum atomic E-state index is -0.225. The molecule has 0 saturated heterocycles. The molecule has 0 unspecified atom stereocenters. The van der Waals surface area contributed by atoms with Gasteiger partial charge in [0.25, 0.3) is 5.91 Å². The zero-order valence-corrected chi connectivity index (χ0v) is 14.1. The summed E-state index contributed by atoms with van der Waals surface area (Å²) in [5.41, 5.74) is 3.47. The number of aryl methyl sites for hydroxylation is 1. The maximum atomic E-state index is 12.6. The summed E-state index contributed by atoms with van der Waals surface area (Å²) >= 11 is 0. The van der Waals surface area contributed by atoms with E-state index in [0.717, 1.165) is 18.5 Å². The van der Waals surface area contributed by atoms with E-state index in [0.29, 0.717) is 31.3 Å². The van der Waals surface area contributed by atoms with E-state index in [2.05, 4.69) is 39.9 Å². The first-order valence-corrected chi connectivity index (χ1v) is 8.55. The Bertz CT molecular complexity index is 844. The third-order valence-electron chi connectivity index (χ3n) is 4.74. The number of anilines is 1. The number of rotatable bonds is 3. The summed E-state index contributed by atoms with van der Waals surface area (Å²) in [7, 11) is 0. The average Bonchev–Trinajstić information content (AvgIpc) is 3.24. The number of nitrogens with zero attached hydrogens (tertiary/aromatic N) is 4. The smallest absolute Gasteiger partial charge is 0.322 e. The van der Waals surface area contributed by atoms with Gasteiger partial charge in [0.1, 0.15) is 0 Å². The van der Waals surface area contributed by atoms with E-state index in [1.54, 1.807) is 9.47 Å². The molecule has 2 aromatic rings. The molecule has 0 atom stereocenters. The molecule has 8 nitrogen and oxygen atoms in total. The van der Waals surface area contributed by atoms with Gasteiger partial charge in [0.05, 0.1) is 6.54 Å². The highest BCUT2D eigenvalue weighted by molar-refractivity contribution is 5.94. The molecule has 3 heterocycles. The second-order valence-electron chi connectivity index (χ2n) is 6.22. The van der Waals surface area contributed by atoms with Crippen molar-refractivity contribution in [3.8, 4) is 0 Å². The van der Waals surface area contributed by atoms with Crippen LogP contribution in [0.1, 0.15) is 34.5 Å². The van der Waals surface area contributed by atoms with Crippen LogP contribution in [0.2, 0.25) is 0 Å². The van der Waals surface area contributed by atoms with Crippen molar-refractivity contribution in [3.63, 3.8) is 0 Å². The Labute approximate surface area is 145 Å². The lowest BCUT2D eigenvalue weighted by Crippen LogP contribution is -2.40. The van der Waals surface area contributed by atoms with Crippen molar-refractivity contribution in [2.24, 2.45) is 0 Å². The quantitative estimate of drug-likeness (QED) is 0.867. The van der Waals surface area contributed by atoms with Crippen LogP contribution in [0.25, 0.3) is 0 Å². The van der Waals surface area contributed by atoms with Crippen LogP contribution in [0.3, 0.4) is 0 Å². The number of carbonyl (C=O) groups is 2. The molecule has 0 spiro atoms. The van der Waals surface area contributed by atoms with Crippen LogP contribution in [-0.2, 0) is 25.9 Å². The molecular formula is C17H20N6O2. The first-order chi connectivity index (χ1) is 12.2. The van der Waals surface area contributed by atoms with Gasteiger partial charge in [0.2, 0.25) is 5.82 Å². The average molecular weight is 340 g/mol. The normalized spacial score (nSPS) is 15.6. The summed E-state index contributed by atoms with van der Waals surface area (Å²) in [5.74, 6) is 0.671. The van der Waals surface area contributed by atoms with Gasteiger partial charge in [-0.3, -0.25) is 9.69 Å². The summed E-state index contributed by atoms with van der Waals surface area (Å²) < 4.78 is 1.75. The monoisotopic (exact) mass is 340 g/mol. The van der Waals surface area contributed by atoms with Gasteiger partial charge in [0.15, 0.2) is 5.82 Å². The van der Waals surface area contributed by atoms with Gasteiger partial charge in [-0.15, -0.1) is 10.2 Å². The molecule has 1 aromatic heterocycles. The van der Waals surface area contributed by atoms with Crippen LogP contribution in [0.4, 0.5) is 10.5 Å². The Morgan fingerprint density at radius 1 is 1.32 bits per heavy atom. The molecule has 2 aliphatic rings. The summed E-state index contributed by atoms with van der Waals surface area (Å²) in [6.07, 6.45) is 1.86. The second kappa shape index (κ2) is 6.19. The number of amides is 3. The minimum Gasteiger partial charge on any atom is -0.348 e. The molecule has 130 valence electrons. The predicted molar refractivity (Wildman–Crippen MR) is 91.5 cm³/mol. The first-order valence-electron chi connectivity index (χ1n) is 8.55. The van der Waals surface area contributed by atoms with Crippen LogP contribution in [0.5, 0.6) is 0 Å². The number of hydrogen-bond donors (Lipinski definition) is 2. The van der Waals surface area contributed by atoms with E-state index in [-0.39, 0.29) is 18.5 Å². The molecule has 0 radical (unpaired) electrons. The molecule has 0 aliphatic carbocycles. The first kappa shape index (κ1) is 15.6. The Balaban J connectivity index is 1.45. The maximum absolute atomic E-state index is 12.6. The Kier molecular flexibility index (Phi) is 3.87. The molecule has 1 aromatic carbocycles. The lowest BCUT2D eigenvalue weighted by atomic mass is 10.1. The van der Waals surface area contributed by atoms with Crippen molar-refractivity contribution >= 4 is 17.6 Å². The minimum absolute atomic E-state index is 0.152. The van der Waals surface area contributed by atoms with Crippen LogP contribution in [0.15, 0.2) is 18.2 Å². The van der Waals surface area contributed by atoms with Gasteiger partial charge in [-0.25, -0.2) is 4.79 Å². The van der Waals surface area contributed by atoms with E-state index in [9.17, 15) is 9.59 Å². The van der Waals surface area contributed by atoms with E-state index in [4.69, 9.17) is 0 Å². The number of urea groups is 1. The standard InChI is InChI=1S/C17H20N6O2/c1-2-11-3-4-13-12(9-11)5-7-22(13)17(25)19-10-14-20-21-15-16(24)18-6-8-23(14)15/h3-4,9H,2,5-8,10H2,1H3,(H,18,24)(H,19,25). The molecule has 0 fully saturated rings. The highest BCUT2D eigenvalue weighted by atomic mass is 16.2. The molecular weight excluding hydrogens is 320 g/mol. The fraction of sp³-hybridized carbons (Fsp3) is 0.412. The van der Waals surface area contributed by atoms with Crippen molar-refractivity contribution < 1.29 is 9.59 Å². The van der Waals surface area contributed by atoms with Crippen molar-refractivity contribution in [1.29, 1.82) is 0 Å². The molecule has 2 aliphatic heterocycles. The molecule has 4 rings (SSSR count). The van der Waals surface area contributed by atoms with Crippen molar-refractivity contribution in [2.75, 3.05) is 18.0 Å². The lowest BCUT2D eigenvalue weighted by molar-refractivity contribution is 0.0921. The SMILES string of the molecule is CCc1ccc2c(c1)CCN2C(=O)NCc1nnc2n1CCNC2=O. The largest absolute Gasteiger partial charge is 0.348 e. The second-order valence-corrected chi connectivity index (χ2v) is 6.22. The van der Waals surface area contributed by atoms with Crippen molar-refractivity contribution in [1.82, 2.24) is 25.4 Å². The highest BCUT2D eigenvalue weighted by Crippen LogP contribution is 2.29. The van der Waals surface area contributed by atoms with E-state index < -0.39 is 0 Å². The number of carbonyl (C=O) groups excluding carboxylic acids is 2. The summed E-state index contributed by atoms with van der Waals surface area (Å²) in [4.78, 5) is 26.0. The van der Waals surface area contributed by atoms with Crippen molar-refractivity contribution in [3.05, 3.63) is 41.0 Å². The Morgan fingerprint density at radius 3 is 3.04 bits per heavy atom. The zero-order chi connectivity index (χ0) is 17.4. The molecule has 0 saturated carbocycles. The highest BCUT2D eigenvalue weighted by Gasteiger charge is 2.26. The fourth-order valence-electron chi connectivity index (χ4n) is 3.37. The topological polar surface area (TPSA) is 92.2 Å².